The zero-order valence-corrected chi connectivity index (χ0v) is 19.7. The quantitative estimate of drug-likeness (QED) is 0.408. The Balaban J connectivity index is 1.46. The first-order chi connectivity index (χ1) is 16.0. The van der Waals surface area contributed by atoms with Gasteiger partial charge in [0, 0.05) is 10.6 Å². The third-order valence-corrected chi connectivity index (χ3v) is 6.48. The summed E-state index contributed by atoms with van der Waals surface area (Å²) in [6, 6.07) is 17.4. The SMILES string of the molecule is CCc1ccccc1NC(=O)CN(C)Cc1nc2cc(-c3ccc(OC)cc3)sc2c(=O)[nH]1. The number of benzene rings is 2. The molecule has 0 atom stereocenters. The zero-order chi connectivity index (χ0) is 23.4. The van der Waals surface area contributed by atoms with Crippen molar-refractivity contribution < 1.29 is 9.53 Å². The van der Waals surface area contributed by atoms with Crippen LogP contribution >= 0.6 is 11.3 Å². The van der Waals surface area contributed by atoms with Crippen LogP contribution in [0.25, 0.3) is 20.7 Å². The summed E-state index contributed by atoms with van der Waals surface area (Å²) in [4.78, 5) is 35.4. The van der Waals surface area contributed by atoms with E-state index in [0.717, 1.165) is 33.9 Å². The smallest absolute Gasteiger partial charge is 0.268 e. The Morgan fingerprint density at radius 3 is 2.67 bits per heavy atom. The highest BCUT2D eigenvalue weighted by molar-refractivity contribution is 7.22. The van der Waals surface area contributed by atoms with Crippen LogP contribution in [0.15, 0.2) is 59.4 Å². The van der Waals surface area contributed by atoms with Gasteiger partial charge in [-0.15, -0.1) is 11.3 Å². The largest absolute Gasteiger partial charge is 0.497 e. The van der Waals surface area contributed by atoms with Gasteiger partial charge in [0.05, 0.1) is 25.7 Å². The standard InChI is InChI=1S/C25H26N4O3S/c1-4-16-7-5-6-8-19(16)27-23(30)15-29(2)14-22-26-20-13-21(33-24(20)25(31)28-22)17-9-11-18(32-3)12-10-17/h5-13H,4,14-15H2,1-3H3,(H,27,30)(H,26,28,31). The lowest BCUT2D eigenvalue weighted by molar-refractivity contribution is -0.117. The maximum Gasteiger partial charge on any atom is 0.268 e. The molecule has 1 amide bonds. The van der Waals surface area contributed by atoms with Crippen molar-refractivity contribution in [3.63, 3.8) is 0 Å². The van der Waals surface area contributed by atoms with E-state index in [1.54, 1.807) is 7.11 Å². The number of hydrogen-bond donors (Lipinski definition) is 2. The summed E-state index contributed by atoms with van der Waals surface area (Å²) >= 11 is 1.41. The number of aromatic nitrogens is 2. The number of rotatable bonds is 8. The summed E-state index contributed by atoms with van der Waals surface area (Å²) in [5.41, 5.74) is 3.40. The molecule has 0 aliphatic rings. The van der Waals surface area contributed by atoms with Crippen LogP contribution in [0.4, 0.5) is 5.69 Å². The summed E-state index contributed by atoms with van der Waals surface area (Å²) in [5.74, 6) is 1.19. The molecular formula is C25H26N4O3S. The van der Waals surface area contributed by atoms with Gasteiger partial charge in [-0.05, 0) is 61.0 Å². The van der Waals surface area contributed by atoms with Crippen molar-refractivity contribution in [3.05, 3.63) is 76.3 Å². The van der Waals surface area contributed by atoms with E-state index < -0.39 is 0 Å². The molecule has 4 aromatic rings. The molecule has 0 spiro atoms. The average Bonchev–Trinajstić information content (AvgIpc) is 3.24. The minimum atomic E-state index is -0.172. The van der Waals surface area contributed by atoms with E-state index in [1.165, 1.54) is 11.3 Å². The number of carbonyl (C=O) groups excluding carboxylic acids is 1. The molecular weight excluding hydrogens is 436 g/mol. The number of methoxy groups -OCH3 is 1. The van der Waals surface area contributed by atoms with Crippen molar-refractivity contribution in [2.24, 2.45) is 0 Å². The van der Waals surface area contributed by atoms with Crippen LogP contribution in [0.3, 0.4) is 0 Å². The van der Waals surface area contributed by atoms with Gasteiger partial charge in [-0.25, -0.2) is 4.98 Å². The lowest BCUT2D eigenvalue weighted by atomic mass is 10.1. The number of fused-ring (bicyclic) bond motifs is 1. The van der Waals surface area contributed by atoms with E-state index in [2.05, 4.69) is 22.2 Å². The number of aromatic amines is 1. The van der Waals surface area contributed by atoms with Crippen molar-refractivity contribution in [2.75, 3.05) is 26.0 Å². The molecule has 4 rings (SSSR count). The molecule has 0 radical (unpaired) electrons. The Morgan fingerprint density at radius 2 is 1.94 bits per heavy atom. The van der Waals surface area contributed by atoms with E-state index in [-0.39, 0.29) is 18.0 Å². The molecule has 0 unspecified atom stereocenters. The summed E-state index contributed by atoms with van der Waals surface area (Å²) < 4.78 is 5.80. The van der Waals surface area contributed by atoms with Crippen molar-refractivity contribution in [1.82, 2.24) is 14.9 Å². The van der Waals surface area contributed by atoms with E-state index in [0.29, 0.717) is 22.6 Å². The molecule has 170 valence electrons. The van der Waals surface area contributed by atoms with Gasteiger partial charge in [0.25, 0.3) is 5.56 Å². The van der Waals surface area contributed by atoms with Crippen LogP contribution in [-0.2, 0) is 17.8 Å². The molecule has 0 saturated carbocycles. The number of likely N-dealkylation sites (N-methyl/N-ethyl adjacent to an activating group) is 1. The van der Waals surface area contributed by atoms with Gasteiger partial charge in [-0.3, -0.25) is 14.5 Å². The molecule has 0 saturated heterocycles. The highest BCUT2D eigenvalue weighted by Gasteiger charge is 2.14. The maximum atomic E-state index is 12.7. The summed E-state index contributed by atoms with van der Waals surface area (Å²) in [6.07, 6.45) is 0.844. The predicted molar refractivity (Wildman–Crippen MR) is 133 cm³/mol. The molecule has 33 heavy (non-hydrogen) atoms. The summed E-state index contributed by atoms with van der Waals surface area (Å²) in [7, 11) is 3.45. The summed E-state index contributed by atoms with van der Waals surface area (Å²) in [6.45, 7) is 2.59. The minimum Gasteiger partial charge on any atom is -0.497 e. The van der Waals surface area contributed by atoms with Crippen molar-refractivity contribution in [1.29, 1.82) is 0 Å². The molecule has 8 heteroatoms. The van der Waals surface area contributed by atoms with Gasteiger partial charge in [-0.2, -0.15) is 0 Å². The number of aryl methyl sites for hydroxylation is 1. The Morgan fingerprint density at radius 1 is 1.18 bits per heavy atom. The predicted octanol–water partition coefficient (Wildman–Crippen LogP) is 4.29. The zero-order valence-electron chi connectivity index (χ0n) is 18.8. The topological polar surface area (TPSA) is 87.3 Å². The van der Waals surface area contributed by atoms with Gasteiger partial charge >= 0.3 is 0 Å². The Bertz CT molecular complexity index is 1330. The number of thiophene rings is 1. The fourth-order valence-corrected chi connectivity index (χ4v) is 4.66. The van der Waals surface area contributed by atoms with Gasteiger partial charge in [-0.1, -0.05) is 25.1 Å². The molecule has 2 aromatic carbocycles. The number of hydrogen-bond acceptors (Lipinski definition) is 6. The third kappa shape index (κ3) is 5.30. The minimum absolute atomic E-state index is 0.112. The number of anilines is 1. The van der Waals surface area contributed by atoms with Gasteiger partial charge in [0.15, 0.2) is 0 Å². The summed E-state index contributed by atoms with van der Waals surface area (Å²) in [5, 5.41) is 2.97. The molecule has 0 bridgehead atoms. The number of H-pyrrole nitrogens is 1. The van der Waals surface area contributed by atoms with Crippen LogP contribution in [0.1, 0.15) is 18.3 Å². The van der Waals surface area contributed by atoms with Gasteiger partial charge < -0.3 is 15.0 Å². The van der Waals surface area contributed by atoms with Crippen LogP contribution in [0, 0.1) is 0 Å². The second-order valence-electron chi connectivity index (χ2n) is 7.80. The Labute approximate surface area is 196 Å². The number of nitrogens with one attached hydrogen (secondary N) is 2. The highest BCUT2D eigenvalue weighted by Crippen LogP contribution is 2.31. The van der Waals surface area contributed by atoms with Crippen LogP contribution < -0.4 is 15.6 Å². The maximum absolute atomic E-state index is 12.7. The molecule has 0 fully saturated rings. The van der Waals surface area contributed by atoms with E-state index in [9.17, 15) is 9.59 Å². The van der Waals surface area contributed by atoms with E-state index >= 15 is 0 Å². The van der Waals surface area contributed by atoms with Crippen molar-refractivity contribution in [2.45, 2.75) is 19.9 Å². The first-order valence-corrected chi connectivity index (χ1v) is 11.5. The van der Waals surface area contributed by atoms with E-state index in [4.69, 9.17) is 4.74 Å². The monoisotopic (exact) mass is 462 g/mol. The molecule has 2 aromatic heterocycles. The average molecular weight is 463 g/mol. The van der Waals surface area contributed by atoms with Crippen molar-refractivity contribution in [3.8, 4) is 16.2 Å². The normalized spacial score (nSPS) is 11.2. The first-order valence-electron chi connectivity index (χ1n) is 10.7. The molecule has 0 aliphatic carbocycles. The Kier molecular flexibility index (Phi) is 6.86. The number of nitrogens with zero attached hydrogens (tertiary/aromatic N) is 2. The fraction of sp³-hybridized carbons (Fsp3) is 0.240. The van der Waals surface area contributed by atoms with Gasteiger partial charge in [0.1, 0.15) is 16.3 Å². The highest BCUT2D eigenvalue weighted by atomic mass is 32.1. The molecule has 2 heterocycles. The second kappa shape index (κ2) is 9.97. The molecule has 7 nitrogen and oxygen atoms in total. The van der Waals surface area contributed by atoms with Crippen LogP contribution in [0.2, 0.25) is 0 Å². The van der Waals surface area contributed by atoms with Crippen molar-refractivity contribution >= 4 is 33.1 Å². The Hall–Kier alpha value is -3.49. The molecule has 0 aliphatic heterocycles. The second-order valence-corrected chi connectivity index (χ2v) is 8.85. The molecule has 2 N–H and O–H groups in total. The fourth-order valence-electron chi connectivity index (χ4n) is 3.66. The first kappa shape index (κ1) is 22.7. The van der Waals surface area contributed by atoms with Gasteiger partial charge in [0.2, 0.25) is 5.91 Å². The number of carbonyl (C=O) groups is 1. The number of para-hydroxylation sites is 1. The number of ether oxygens (including phenoxy) is 1. The third-order valence-electron chi connectivity index (χ3n) is 5.31. The van der Waals surface area contributed by atoms with Crippen LogP contribution in [0.5, 0.6) is 5.75 Å². The lowest BCUT2D eigenvalue weighted by Crippen LogP contribution is -2.31. The number of amides is 1. The van der Waals surface area contributed by atoms with E-state index in [1.807, 2.05) is 66.5 Å². The van der Waals surface area contributed by atoms with Crippen LogP contribution in [-0.4, -0.2) is 41.5 Å². The lowest BCUT2D eigenvalue weighted by Gasteiger charge is -2.16.